The van der Waals surface area contributed by atoms with E-state index in [4.69, 9.17) is 9.47 Å². The van der Waals surface area contributed by atoms with Crippen molar-refractivity contribution >= 4 is 11.9 Å². The minimum Gasteiger partial charge on any atom is -0.493 e. The van der Waals surface area contributed by atoms with Gasteiger partial charge < -0.3 is 9.47 Å². The van der Waals surface area contributed by atoms with E-state index >= 15 is 0 Å². The number of rotatable bonds is 4. The molecule has 5 heteroatoms. The van der Waals surface area contributed by atoms with Gasteiger partial charge in [0.2, 0.25) is 0 Å². The molecule has 3 nitrogen and oxygen atoms in total. The molecule has 0 atom stereocenters. The van der Waals surface area contributed by atoms with Gasteiger partial charge in [-0.15, -0.1) is 0 Å². The van der Waals surface area contributed by atoms with Gasteiger partial charge >= 0.3 is 0 Å². The fraction of sp³-hybridized carbons (Fsp3) is 0.188. The fourth-order valence-corrected chi connectivity index (χ4v) is 1.86. The van der Waals surface area contributed by atoms with Gasteiger partial charge in [0.1, 0.15) is 5.82 Å². The second-order valence-corrected chi connectivity index (χ2v) is 4.42. The van der Waals surface area contributed by atoms with Crippen LogP contribution in [0.4, 0.5) is 14.5 Å². The maximum Gasteiger partial charge on any atom is 0.161 e. The van der Waals surface area contributed by atoms with Crippen LogP contribution in [0.5, 0.6) is 11.5 Å². The monoisotopic (exact) mass is 291 g/mol. The third kappa shape index (κ3) is 3.37. The Kier molecular flexibility index (Phi) is 4.52. The molecule has 0 spiro atoms. The van der Waals surface area contributed by atoms with Gasteiger partial charge in [0.25, 0.3) is 0 Å². The molecule has 0 N–H and O–H groups in total. The summed E-state index contributed by atoms with van der Waals surface area (Å²) in [7, 11) is 3.09. The molecule has 2 aromatic carbocycles. The molecule has 2 rings (SSSR count). The number of methoxy groups -OCH3 is 2. The fourth-order valence-electron chi connectivity index (χ4n) is 1.86. The van der Waals surface area contributed by atoms with Crippen LogP contribution < -0.4 is 9.47 Å². The molecule has 0 radical (unpaired) electrons. The van der Waals surface area contributed by atoms with Crippen LogP contribution in [0.25, 0.3) is 0 Å². The smallest absolute Gasteiger partial charge is 0.161 e. The molecule has 0 saturated carbocycles. The molecule has 0 fully saturated rings. The minimum absolute atomic E-state index is 0.0746. The van der Waals surface area contributed by atoms with Crippen LogP contribution in [0.2, 0.25) is 0 Å². The Balaban J connectivity index is 2.36. The Hall–Kier alpha value is -2.43. The van der Waals surface area contributed by atoms with Gasteiger partial charge in [-0.2, -0.15) is 0 Å². The standard InChI is InChI=1S/C16H15F2NO2/c1-10-6-15(20-2)16(21-3)7-11(10)9-19-14-5-4-12(17)8-13(14)18/h4-9H,1-3H3. The molecule has 0 aliphatic heterocycles. The summed E-state index contributed by atoms with van der Waals surface area (Å²) in [5.74, 6) is -0.164. The molecule has 110 valence electrons. The van der Waals surface area contributed by atoms with Crippen LogP contribution in [-0.2, 0) is 0 Å². The van der Waals surface area contributed by atoms with Crippen molar-refractivity contribution in [3.8, 4) is 11.5 Å². The van der Waals surface area contributed by atoms with Gasteiger partial charge in [0.05, 0.1) is 19.9 Å². The van der Waals surface area contributed by atoms with Crippen LogP contribution in [0.3, 0.4) is 0 Å². The van der Waals surface area contributed by atoms with Crippen molar-refractivity contribution in [2.24, 2.45) is 4.99 Å². The first-order valence-corrected chi connectivity index (χ1v) is 6.27. The molecule has 0 aromatic heterocycles. The zero-order chi connectivity index (χ0) is 15.4. The largest absolute Gasteiger partial charge is 0.493 e. The summed E-state index contributed by atoms with van der Waals surface area (Å²) in [6.45, 7) is 1.88. The van der Waals surface area contributed by atoms with Gasteiger partial charge in [-0.3, -0.25) is 4.99 Å². The molecular weight excluding hydrogens is 276 g/mol. The van der Waals surface area contributed by atoms with Crippen molar-refractivity contribution in [3.63, 3.8) is 0 Å². The van der Waals surface area contributed by atoms with E-state index < -0.39 is 11.6 Å². The Morgan fingerprint density at radius 3 is 2.29 bits per heavy atom. The molecule has 0 aliphatic rings. The Bertz CT molecular complexity index is 684. The molecule has 0 aliphatic carbocycles. The lowest BCUT2D eigenvalue weighted by atomic mass is 10.1. The molecule has 0 unspecified atom stereocenters. The van der Waals surface area contributed by atoms with Crippen molar-refractivity contribution in [2.75, 3.05) is 14.2 Å². The van der Waals surface area contributed by atoms with E-state index in [1.807, 2.05) is 6.92 Å². The van der Waals surface area contributed by atoms with Gasteiger partial charge in [-0.05, 0) is 42.3 Å². The maximum absolute atomic E-state index is 13.5. The molecule has 2 aromatic rings. The highest BCUT2D eigenvalue weighted by Crippen LogP contribution is 2.30. The van der Waals surface area contributed by atoms with E-state index in [0.717, 1.165) is 23.3 Å². The van der Waals surface area contributed by atoms with Crippen LogP contribution in [0, 0.1) is 18.6 Å². The van der Waals surface area contributed by atoms with Crippen LogP contribution in [0.15, 0.2) is 35.3 Å². The first-order chi connectivity index (χ1) is 10.0. The van der Waals surface area contributed by atoms with Crippen molar-refractivity contribution in [1.82, 2.24) is 0 Å². The molecular formula is C16H15F2NO2. The van der Waals surface area contributed by atoms with Gasteiger partial charge in [-0.1, -0.05) is 0 Å². The normalized spacial score (nSPS) is 10.9. The summed E-state index contributed by atoms with van der Waals surface area (Å²) in [5.41, 5.74) is 1.74. The predicted octanol–water partition coefficient (Wildman–Crippen LogP) is 4.04. The van der Waals surface area contributed by atoms with E-state index in [-0.39, 0.29) is 5.69 Å². The number of aliphatic imine (C=N–C) groups is 1. The first-order valence-electron chi connectivity index (χ1n) is 6.27. The lowest BCUT2D eigenvalue weighted by Crippen LogP contribution is -1.95. The molecule has 0 heterocycles. The summed E-state index contributed by atoms with van der Waals surface area (Å²) in [5, 5.41) is 0. The zero-order valence-corrected chi connectivity index (χ0v) is 12.0. The molecule has 0 amide bonds. The third-order valence-corrected chi connectivity index (χ3v) is 3.02. The van der Waals surface area contributed by atoms with E-state index in [1.54, 1.807) is 19.2 Å². The summed E-state index contributed by atoms with van der Waals surface area (Å²) in [6, 6.07) is 6.81. The van der Waals surface area contributed by atoms with E-state index in [1.165, 1.54) is 19.4 Å². The third-order valence-electron chi connectivity index (χ3n) is 3.02. The Labute approximate surface area is 121 Å². The van der Waals surface area contributed by atoms with Gasteiger partial charge in [0, 0.05) is 12.3 Å². The van der Waals surface area contributed by atoms with Crippen molar-refractivity contribution in [3.05, 3.63) is 53.1 Å². The number of hydrogen-bond acceptors (Lipinski definition) is 3. The molecule has 0 saturated heterocycles. The lowest BCUT2D eigenvalue weighted by molar-refractivity contribution is 0.354. The quantitative estimate of drug-likeness (QED) is 0.796. The highest BCUT2D eigenvalue weighted by Gasteiger charge is 2.07. The number of aryl methyl sites for hydroxylation is 1. The van der Waals surface area contributed by atoms with Crippen LogP contribution in [-0.4, -0.2) is 20.4 Å². The molecule has 0 bridgehead atoms. The number of halogens is 2. The topological polar surface area (TPSA) is 30.8 Å². The highest BCUT2D eigenvalue weighted by atomic mass is 19.1. The average molecular weight is 291 g/mol. The number of nitrogens with zero attached hydrogens (tertiary/aromatic N) is 1. The van der Waals surface area contributed by atoms with Gasteiger partial charge in [0.15, 0.2) is 17.3 Å². The number of benzene rings is 2. The second-order valence-electron chi connectivity index (χ2n) is 4.42. The van der Waals surface area contributed by atoms with Crippen LogP contribution in [0.1, 0.15) is 11.1 Å². The average Bonchev–Trinajstić information content (AvgIpc) is 2.47. The number of hydrogen-bond donors (Lipinski definition) is 0. The maximum atomic E-state index is 13.5. The Morgan fingerprint density at radius 2 is 1.67 bits per heavy atom. The summed E-state index contributed by atoms with van der Waals surface area (Å²) in [6.07, 6.45) is 1.51. The summed E-state index contributed by atoms with van der Waals surface area (Å²) < 4.78 is 36.8. The first kappa shape index (κ1) is 15.0. The van der Waals surface area contributed by atoms with Crippen molar-refractivity contribution < 1.29 is 18.3 Å². The minimum atomic E-state index is -0.704. The summed E-state index contributed by atoms with van der Waals surface area (Å²) in [4.78, 5) is 4.05. The van der Waals surface area contributed by atoms with Gasteiger partial charge in [-0.25, -0.2) is 8.78 Å². The SMILES string of the molecule is COc1cc(C)c(C=Nc2ccc(F)cc2F)cc1OC. The second kappa shape index (κ2) is 6.35. The van der Waals surface area contributed by atoms with E-state index in [2.05, 4.69) is 4.99 Å². The van der Waals surface area contributed by atoms with E-state index in [0.29, 0.717) is 11.5 Å². The molecule has 21 heavy (non-hydrogen) atoms. The zero-order valence-electron chi connectivity index (χ0n) is 12.0. The predicted molar refractivity (Wildman–Crippen MR) is 77.9 cm³/mol. The highest BCUT2D eigenvalue weighted by molar-refractivity contribution is 5.85. The van der Waals surface area contributed by atoms with Crippen LogP contribution >= 0.6 is 0 Å². The Morgan fingerprint density at radius 1 is 1.00 bits per heavy atom. The number of ether oxygens (including phenoxy) is 2. The summed E-state index contributed by atoms with van der Waals surface area (Å²) >= 11 is 0. The van der Waals surface area contributed by atoms with Crippen molar-refractivity contribution in [2.45, 2.75) is 6.92 Å². The van der Waals surface area contributed by atoms with E-state index in [9.17, 15) is 8.78 Å². The lowest BCUT2D eigenvalue weighted by Gasteiger charge is -2.10. The van der Waals surface area contributed by atoms with Crippen molar-refractivity contribution in [1.29, 1.82) is 0 Å².